The Hall–Kier alpha value is -3.62. The van der Waals surface area contributed by atoms with Crippen molar-refractivity contribution in [3.63, 3.8) is 0 Å². The molecule has 1 aliphatic rings. The molecule has 1 aliphatic heterocycles. The monoisotopic (exact) mass is 343 g/mol. The summed E-state index contributed by atoms with van der Waals surface area (Å²) in [5.74, 6) is -2.93. The molecule has 2 amide bonds. The number of aromatic amines is 1. The second kappa shape index (κ2) is 6.11. The first-order valence-corrected chi connectivity index (χ1v) is 7.06. The molecule has 1 aromatic heterocycles. The highest BCUT2D eigenvalue weighted by molar-refractivity contribution is 6.28. The number of amides is 2. The maximum Gasteiger partial charge on any atom is 0.335 e. The topological polar surface area (TPSA) is 109 Å². The lowest BCUT2D eigenvalue weighted by molar-refractivity contribution is -0.119. The molecule has 9 heteroatoms. The molecule has 0 saturated heterocycles. The van der Waals surface area contributed by atoms with Crippen molar-refractivity contribution in [2.45, 2.75) is 6.42 Å². The number of benzene rings is 1. The van der Waals surface area contributed by atoms with E-state index >= 15 is 0 Å². The van der Waals surface area contributed by atoms with Crippen LogP contribution in [0.3, 0.4) is 0 Å². The third kappa shape index (κ3) is 3.07. The number of carbonyl (C=O) groups excluding carboxylic acids is 3. The summed E-state index contributed by atoms with van der Waals surface area (Å²) < 4.78 is 13.7. The minimum Gasteiger partial charge on any atom is -0.274 e. The molecular weight excluding hydrogens is 333 g/mol. The number of carbonyl (C=O) groups is 3. The van der Waals surface area contributed by atoms with Crippen molar-refractivity contribution in [1.29, 1.82) is 0 Å². The summed E-state index contributed by atoms with van der Waals surface area (Å²) in [6.45, 7) is 0. The molecule has 0 atom stereocenters. The lowest BCUT2D eigenvalue weighted by Gasteiger charge is -2.14. The quantitative estimate of drug-likeness (QED) is 0.788. The van der Waals surface area contributed by atoms with Crippen LogP contribution < -0.4 is 16.1 Å². The van der Waals surface area contributed by atoms with E-state index in [-0.39, 0.29) is 6.42 Å². The molecule has 0 fully saturated rings. The number of nitrogens with zero attached hydrogens (tertiary/aromatic N) is 2. The number of anilines is 1. The summed E-state index contributed by atoms with van der Waals surface area (Å²) in [6.07, 6.45) is 2.59. The maximum absolute atomic E-state index is 13.2. The summed E-state index contributed by atoms with van der Waals surface area (Å²) in [6, 6.07) is 5.95. The fourth-order valence-corrected chi connectivity index (χ4v) is 2.31. The molecule has 2 aromatic rings. The van der Waals surface area contributed by atoms with E-state index in [2.05, 4.69) is 0 Å². The number of H-pyrrole nitrogens is 1. The van der Waals surface area contributed by atoms with Gasteiger partial charge in [-0.15, -0.1) is 0 Å². The molecule has 0 saturated carbocycles. The highest BCUT2D eigenvalue weighted by atomic mass is 19.1. The minimum atomic E-state index is -1.25. The zero-order valence-corrected chi connectivity index (χ0v) is 12.6. The van der Waals surface area contributed by atoms with Crippen LogP contribution >= 0.6 is 0 Å². The van der Waals surface area contributed by atoms with Gasteiger partial charge < -0.3 is 0 Å². The van der Waals surface area contributed by atoms with Crippen LogP contribution in [-0.4, -0.2) is 27.3 Å². The third-order valence-electron chi connectivity index (χ3n) is 3.53. The Morgan fingerprint density at radius 2 is 1.60 bits per heavy atom. The third-order valence-corrected chi connectivity index (χ3v) is 3.53. The molecule has 0 unspecified atom stereocenters. The number of hydrogen-bond acceptors (Lipinski definition) is 5. The molecule has 3 rings (SSSR count). The zero-order valence-electron chi connectivity index (χ0n) is 12.6. The van der Waals surface area contributed by atoms with Crippen molar-refractivity contribution in [3.8, 4) is 0 Å². The van der Waals surface area contributed by atoms with Crippen molar-refractivity contribution in [2.24, 2.45) is 0 Å². The fraction of sp³-hybridized carbons (Fsp3) is 0.0625. The van der Waals surface area contributed by atoms with Crippen LogP contribution in [-0.2, 0) is 16.0 Å². The molecule has 0 aliphatic carbocycles. The van der Waals surface area contributed by atoms with Crippen LogP contribution in [0.15, 0.2) is 52.2 Å². The number of hydrogen-bond donors (Lipinski definition) is 1. The van der Waals surface area contributed by atoms with Crippen LogP contribution in [0.2, 0.25) is 0 Å². The van der Waals surface area contributed by atoms with Gasteiger partial charge in [0, 0.05) is 12.2 Å². The average molecular weight is 343 g/mol. The van der Waals surface area contributed by atoms with E-state index in [4.69, 9.17) is 0 Å². The SMILES string of the molecule is O=C1C=CC(=O)N1c1ccc(CC(=O)n2cc(F)c(=O)[nH]c2=O)cc1. The van der Waals surface area contributed by atoms with E-state index < -0.39 is 34.8 Å². The standard InChI is InChI=1S/C16H10FN3O5/c17-11-8-19(16(25)18-15(11)24)14(23)7-9-1-3-10(4-2-9)20-12(21)5-6-13(20)22/h1-6,8H,7H2,(H,18,24,25). The number of imide groups is 1. The van der Waals surface area contributed by atoms with Gasteiger partial charge in [-0.3, -0.25) is 24.2 Å². The highest BCUT2D eigenvalue weighted by Crippen LogP contribution is 2.19. The summed E-state index contributed by atoms with van der Waals surface area (Å²) in [5.41, 5.74) is -1.43. The van der Waals surface area contributed by atoms with E-state index in [9.17, 15) is 28.4 Å². The molecule has 1 N–H and O–H groups in total. The maximum atomic E-state index is 13.2. The van der Waals surface area contributed by atoms with Crippen LogP contribution in [0.5, 0.6) is 0 Å². The van der Waals surface area contributed by atoms with Crippen LogP contribution in [0, 0.1) is 5.82 Å². The molecule has 0 bridgehead atoms. The Labute approximate surface area is 138 Å². The first kappa shape index (κ1) is 16.2. The van der Waals surface area contributed by atoms with Gasteiger partial charge in [0.15, 0.2) is 0 Å². The predicted molar refractivity (Wildman–Crippen MR) is 83.7 cm³/mol. The summed E-state index contributed by atoms with van der Waals surface area (Å²) in [5, 5.41) is 0. The number of nitrogens with one attached hydrogen (secondary N) is 1. The fourth-order valence-electron chi connectivity index (χ4n) is 2.31. The van der Waals surface area contributed by atoms with Crippen molar-refractivity contribution in [1.82, 2.24) is 9.55 Å². The van der Waals surface area contributed by atoms with Crippen LogP contribution in [0.1, 0.15) is 10.4 Å². The van der Waals surface area contributed by atoms with Crippen molar-refractivity contribution in [3.05, 3.63) is 74.8 Å². The molecule has 8 nitrogen and oxygen atoms in total. The Morgan fingerprint density at radius 1 is 1.00 bits per heavy atom. The van der Waals surface area contributed by atoms with Gasteiger partial charge >= 0.3 is 5.69 Å². The highest BCUT2D eigenvalue weighted by Gasteiger charge is 2.24. The van der Waals surface area contributed by atoms with Crippen molar-refractivity contribution in [2.75, 3.05) is 4.90 Å². The van der Waals surface area contributed by atoms with Gasteiger partial charge in [-0.25, -0.2) is 14.3 Å². The average Bonchev–Trinajstić information content (AvgIpc) is 2.90. The summed E-state index contributed by atoms with van der Waals surface area (Å²) in [7, 11) is 0. The van der Waals surface area contributed by atoms with Crippen LogP contribution in [0.25, 0.3) is 0 Å². The van der Waals surface area contributed by atoms with Gasteiger partial charge in [0.25, 0.3) is 17.4 Å². The van der Waals surface area contributed by atoms with E-state index in [1.807, 2.05) is 0 Å². The smallest absolute Gasteiger partial charge is 0.274 e. The number of aromatic nitrogens is 2. The van der Waals surface area contributed by atoms with Gasteiger partial charge in [0.2, 0.25) is 11.7 Å². The summed E-state index contributed by atoms with van der Waals surface area (Å²) >= 11 is 0. The van der Waals surface area contributed by atoms with Gasteiger partial charge in [-0.2, -0.15) is 4.39 Å². The Balaban J connectivity index is 1.80. The van der Waals surface area contributed by atoms with Gasteiger partial charge in [0.05, 0.1) is 18.3 Å². The molecular formula is C16H10FN3O5. The van der Waals surface area contributed by atoms with Crippen molar-refractivity contribution < 1.29 is 18.8 Å². The normalized spacial score (nSPS) is 13.6. The molecule has 0 radical (unpaired) electrons. The largest absolute Gasteiger partial charge is 0.335 e. The predicted octanol–water partition coefficient (Wildman–Crippen LogP) is -0.0120. The van der Waals surface area contributed by atoms with Crippen LogP contribution in [0.4, 0.5) is 10.1 Å². The Morgan fingerprint density at radius 3 is 2.20 bits per heavy atom. The number of halogens is 1. The first-order chi connectivity index (χ1) is 11.9. The Kier molecular flexibility index (Phi) is 3.97. The molecule has 2 heterocycles. The minimum absolute atomic E-state index is 0.244. The molecule has 0 spiro atoms. The van der Waals surface area contributed by atoms with Crippen molar-refractivity contribution >= 4 is 23.4 Å². The van der Waals surface area contributed by atoms with E-state index in [1.165, 1.54) is 24.3 Å². The Bertz CT molecular complexity index is 1010. The van der Waals surface area contributed by atoms with E-state index in [0.717, 1.165) is 17.1 Å². The molecule has 25 heavy (non-hydrogen) atoms. The second-order valence-corrected chi connectivity index (χ2v) is 5.19. The lowest BCUT2D eigenvalue weighted by Crippen LogP contribution is -2.35. The molecule has 126 valence electrons. The lowest BCUT2D eigenvalue weighted by atomic mass is 10.1. The first-order valence-electron chi connectivity index (χ1n) is 7.06. The number of rotatable bonds is 3. The van der Waals surface area contributed by atoms with Gasteiger partial charge in [0.1, 0.15) is 0 Å². The van der Waals surface area contributed by atoms with Gasteiger partial charge in [-0.05, 0) is 17.7 Å². The van der Waals surface area contributed by atoms with E-state index in [1.54, 1.807) is 4.98 Å². The second-order valence-electron chi connectivity index (χ2n) is 5.19. The molecule has 1 aromatic carbocycles. The van der Waals surface area contributed by atoms with Gasteiger partial charge in [-0.1, -0.05) is 12.1 Å². The van der Waals surface area contributed by atoms with E-state index in [0.29, 0.717) is 22.0 Å². The summed E-state index contributed by atoms with van der Waals surface area (Å²) in [4.78, 5) is 60.5. The zero-order chi connectivity index (χ0) is 18.1.